The van der Waals surface area contributed by atoms with E-state index in [2.05, 4.69) is 50.3 Å². The van der Waals surface area contributed by atoms with E-state index in [1.165, 1.54) is 32.1 Å². The molecule has 0 atom stereocenters. The number of rotatable bonds is 7. The molecule has 0 aliphatic rings. The van der Waals surface area contributed by atoms with Crippen LogP contribution in [0.3, 0.4) is 0 Å². The lowest BCUT2D eigenvalue weighted by Crippen LogP contribution is -1.64. The number of allylic oxidation sites excluding steroid dienone is 6. The molecule has 0 aromatic rings. The zero-order chi connectivity index (χ0) is 9.78. The molecule has 74 valence electrons. The van der Waals surface area contributed by atoms with Gasteiger partial charge in [-0.1, -0.05) is 69.6 Å². The Morgan fingerprint density at radius 3 is 1.85 bits per heavy atom. The molecule has 0 N–H and O–H groups in total. The van der Waals surface area contributed by atoms with Crippen molar-refractivity contribution in [3.63, 3.8) is 0 Å². The molecule has 0 aliphatic heterocycles. The van der Waals surface area contributed by atoms with E-state index >= 15 is 0 Å². The minimum absolute atomic E-state index is 1.18. The summed E-state index contributed by atoms with van der Waals surface area (Å²) in [5, 5.41) is 0. The summed E-state index contributed by atoms with van der Waals surface area (Å²) in [5.41, 5.74) is 0. The Bertz CT molecular complexity index is 161. The molecule has 0 unspecified atom stereocenters. The van der Waals surface area contributed by atoms with Crippen LogP contribution >= 0.6 is 0 Å². The fraction of sp³-hybridized carbons (Fsp3) is 0.538. The molecule has 0 heteroatoms. The van der Waals surface area contributed by atoms with E-state index in [4.69, 9.17) is 0 Å². The summed E-state index contributed by atoms with van der Waals surface area (Å²) in [6.07, 6.45) is 19.1. The van der Waals surface area contributed by atoms with Gasteiger partial charge in [-0.3, -0.25) is 0 Å². The predicted octanol–water partition coefficient (Wildman–Crippen LogP) is 4.65. The highest BCUT2D eigenvalue weighted by Gasteiger charge is 1.74. The minimum atomic E-state index is 1.18. The van der Waals surface area contributed by atoms with Gasteiger partial charge >= 0.3 is 0 Å². The first-order valence-corrected chi connectivity index (χ1v) is 5.40. The van der Waals surface area contributed by atoms with Gasteiger partial charge in [-0.15, -0.1) is 0 Å². The van der Waals surface area contributed by atoms with Crippen molar-refractivity contribution in [2.75, 3.05) is 0 Å². The van der Waals surface area contributed by atoms with Crippen LogP contribution in [0.4, 0.5) is 0 Å². The highest BCUT2D eigenvalue weighted by Crippen LogP contribution is 1.95. The van der Waals surface area contributed by atoms with E-state index in [1.54, 1.807) is 0 Å². The summed E-state index contributed by atoms with van der Waals surface area (Å²) in [7, 11) is 0. The van der Waals surface area contributed by atoms with E-state index in [0.717, 1.165) is 0 Å². The zero-order valence-corrected chi connectivity index (χ0v) is 9.00. The Morgan fingerprint density at radius 1 is 0.692 bits per heavy atom. The van der Waals surface area contributed by atoms with E-state index in [1.807, 2.05) is 0 Å². The van der Waals surface area contributed by atoms with Gasteiger partial charge in [0.25, 0.3) is 0 Å². The van der Waals surface area contributed by atoms with Crippen LogP contribution in [0, 0.1) is 0 Å². The average molecular weight is 178 g/mol. The maximum absolute atomic E-state index is 2.23. The summed E-state index contributed by atoms with van der Waals surface area (Å²) in [4.78, 5) is 0. The quantitative estimate of drug-likeness (QED) is 0.393. The Hall–Kier alpha value is -0.780. The molecule has 0 spiro atoms. The maximum atomic E-state index is 2.23. The summed E-state index contributed by atoms with van der Waals surface area (Å²) >= 11 is 0. The fourth-order valence-electron chi connectivity index (χ4n) is 0.967. The van der Waals surface area contributed by atoms with Gasteiger partial charge in [0.2, 0.25) is 0 Å². The number of unbranched alkanes of at least 4 members (excludes halogenated alkanes) is 3. The number of hydrogen-bond donors (Lipinski definition) is 0. The SMILES string of the molecule is CCCC=CC=CC=CCCCC. The number of hydrogen-bond acceptors (Lipinski definition) is 0. The van der Waals surface area contributed by atoms with Crippen molar-refractivity contribution in [3.05, 3.63) is 36.5 Å². The van der Waals surface area contributed by atoms with Crippen molar-refractivity contribution in [1.29, 1.82) is 0 Å². The second-order valence-corrected chi connectivity index (χ2v) is 3.17. The van der Waals surface area contributed by atoms with Gasteiger partial charge in [0.15, 0.2) is 0 Å². The van der Waals surface area contributed by atoms with E-state index in [-0.39, 0.29) is 0 Å². The van der Waals surface area contributed by atoms with Crippen LogP contribution in [0.1, 0.15) is 46.0 Å². The molecule has 0 heterocycles. The summed E-state index contributed by atoms with van der Waals surface area (Å²) < 4.78 is 0. The molecular formula is C13H22. The van der Waals surface area contributed by atoms with Gasteiger partial charge in [-0.25, -0.2) is 0 Å². The zero-order valence-electron chi connectivity index (χ0n) is 9.00. The van der Waals surface area contributed by atoms with Gasteiger partial charge < -0.3 is 0 Å². The highest BCUT2D eigenvalue weighted by atomic mass is 13.8. The Balaban J connectivity index is 3.34. The minimum Gasteiger partial charge on any atom is -0.0845 e. The second kappa shape index (κ2) is 11.2. The third-order valence-electron chi connectivity index (χ3n) is 1.79. The van der Waals surface area contributed by atoms with E-state index < -0.39 is 0 Å². The van der Waals surface area contributed by atoms with Crippen molar-refractivity contribution in [2.45, 2.75) is 46.0 Å². The monoisotopic (exact) mass is 178 g/mol. The van der Waals surface area contributed by atoms with Crippen LogP contribution in [0.25, 0.3) is 0 Å². The predicted molar refractivity (Wildman–Crippen MR) is 61.9 cm³/mol. The molecule has 0 fully saturated rings. The van der Waals surface area contributed by atoms with Crippen molar-refractivity contribution >= 4 is 0 Å². The Labute approximate surface area is 83.0 Å². The normalized spacial score (nSPS) is 12.5. The lowest BCUT2D eigenvalue weighted by molar-refractivity contribution is 0.815. The molecular weight excluding hydrogens is 156 g/mol. The molecule has 0 bridgehead atoms. The van der Waals surface area contributed by atoms with Crippen LogP contribution in [0.2, 0.25) is 0 Å². The van der Waals surface area contributed by atoms with Crippen LogP contribution in [0.5, 0.6) is 0 Å². The fourth-order valence-corrected chi connectivity index (χ4v) is 0.967. The molecule has 0 aliphatic carbocycles. The van der Waals surface area contributed by atoms with Gasteiger partial charge in [0, 0.05) is 0 Å². The Kier molecular flexibility index (Phi) is 10.5. The molecule has 0 nitrogen and oxygen atoms in total. The van der Waals surface area contributed by atoms with Gasteiger partial charge in [0.1, 0.15) is 0 Å². The van der Waals surface area contributed by atoms with Crippen LogP contribution in [-0.4, -0.2) is 0 Å². The van der Waals surface area contributed by atoms with Gasteiger partial charge in [-0.2, -0.15) is 0 Å². The van der Waals surface area contributed by atoms with Crippen molar-refractivity contribution < 1.29 is 0 Å². The average Bonchev–Trinajstić information content (AvgIpc) is 2.16. The molecule has 0 aromatic heterocycles. The van der Waals surface area contributed by atoms with E-state index in [9.17, 15) is 0 Å². The van der Waals surface area contributed by atoms with Gasteiger partial charge in [-0.05, 0) is 12.8 Å². The standard InChI is InChI=1S/C13H22/c1-3-5-7-9-11-13-12-10-8-6-4-2/h7,9-13H,3-6,8H2,1-2H3. The third kappa shape index (κ3) is 11.2. The molecule has 0 amide bonds. The first-order valence-electron chi connectivity index (χ1n) is 5.40. The Morgan fingerprint density at radius 2 is 1.31 bits per heavy atom. The topological polar surface area (TPSA) is 0 Å². The molecule has 0 aromatic carbocycles. The first-order chi connectivity index (χ1) is 6.41. The van der Waals surface area contributed by atoms with Crippen molar-refractivity contribution in [2.24, 2.45) is 0 Å². The van der Waals surface area contributed by atoms with Crippen molar-refractivity contribution in [1.82, 2.24) is 0 Å². The smallest absolute Gasteiger partial charge is 0.0348 e. The lowest BCUT2D eigenvalue weighted by atomic mass is 10.2. The summed E-state index contributed by atoms with van der Waals surface area (Å²) in [6, 6.07) is 0. The largest absolute Gasteiger partial charge is 0.0845 e. The molecule has 13 heavy (non-hydrogen) atoms. The lowest BCUT2D eigenvalue weighted by Gasteiger charge is -1.85. The summed E-state index contributed by atoms with van der Waals surface area (Å²) in [5.74, 6) is 0. The molecule has 0 saturated heterocycles. The van der Waals surface area contributed by atoms with Crippen LogP contribution in [-0.2, 0) is 0 Å². The molecule has 0 saturated carbocycles. The molecule has 0 rings (SSSR count). The first kappa shape index (κ1) is 12.2. The highest BCUT2D eigenvalue weighted by molar-refractivity contribution is 5.10. The third-order valence-corrected chi connectivity index (χ3v) is 1.79. The van der Waals surface area contributed by atoms with E-state index in [0.29, 0.717) is 0 Å². The second-order valence-electron chi connectivity index (χ2n) is 3.17. The van der Waals surface area contributed by atoms with Crippen molar-refractivity contribution in [3.8, 4) is 0 Å². The van der Waals surface area contributed by atoms with Gasteiger partial charge in [0.05, 0.1) is 0 Å². The molecule has 0 radical (unpaired) electrons. The maximum Gasteiger partial charge on any atom is -0.0348 e. The van der Waals surface area contributed by atoms with Crippen LogP contribution in [0.15, 0.2) is 36.5 Å². The summed E-state index contributed by atoms with van der Waals surface area (Å²) in [6.45, 7) is 4.41. The van der Waals surface area contributed by atoms with Crippen LogP contribution < -0.4 is 0 Å².